The fourth-order valence-corrected chi connectivity index (χ4v) is 4.90. The fourth-order valence-electron chi connectivity index (χ4n) is 4.90. The smallest absolute Gasteiger partial charge is 0.319 e. The van der Waals surface area contributed by atoms with Crippen molar-refractivity contribution in [3.8, 4) is 6.07 Å². The number of allylic oxidation sites excluding steroid dienone is 1. The molecule has 2 heterocycles. The molecule has 10 heteroatoms. The molecule has 0 spiro atoms. The van der Waals surface area contributed by atoms with Gasteiger partial charge in [-0.05, 0) is 43.9 Å². The van der Waals surface area contributed by atoms with Crippen LogP contribution < -0.4 is 10.6 Å². The van der Waals surface area contributed by atoms with Gasteiger partial charge >= 0.3 is 12.0 Å². The number of nitriles is 1. The number of H-pyrrole nitrogens is 1. The molecule has 1 fully saturated rings. The van der Waals surface area contributed by atoms with E-state index in [4.69, 9.17) is 4.74 Å². The summed E-state index contributed by atoms with van der Waals surface area (Å²) in [5, 5.41) is 15.6. The lowest BCUT2D eigenvalue weighted by Gasteiger charge is -2.34. The molecule has 3 amide bonds. The van der Waals surface area contributed by atoms with E-state index in [0.29, 0.717) is 41.5 Å². The monoisotopic (exact) mass is 541 g/mol. The van der Waals surface area contributed by atoms with Crippen molar-refractivity contribution in [2.45, 2.75) is 39.2 Å². The molecule has 0 radical (unpaired) electrons. The molecule has 0 saturated carbocycles. The van der Waals surface area contributed by atoms with E-state index in [-0.39, 0.29) is 31.2 Å². The summed E-state index contributed by atoms with van der Waals surface area (Å²) in [6.07, 6.45) is 2.53. The van der Waals surface area contributed by atoms with Gasteiger partial charge in [0.1, 0.15) is 0 Å². The Morgan fingerprint density at radius 2 is 1.90 bits per heavy atom. The van der Waals surface area contributed by atoms with E-state index in [9.17, 15) is 24.4 Å². The first kappa shape index (κ1) is 28.1. The zero-order chi connectivity index (χ0) is 28.6. The summed E-state index contributed by atoms with van der Waals surface area (Å²) >= 11 is 0. The van der Waals surface area contributed by atoms with E-state index >= 15 is 0 Å². The van der Waals surface area contributed by atoms with Crippen molar-refractivity contribution in [2.24, 2.45) is 0 Å². The summed E-state index contributed by atoms with van der Waals surface area (Å²) in [6, 6.07) is 16.0. The lowest BCUT2D eigenvalue weighted by molar-refractivity contribution is -0.142. The highest BCUT2D eigenvalue weighted by molar-refractivity contribution is 6.45. The van der Waals surface area contributed by atoms with E-state index in [0.717, 1.165) is 11.1 Å². The number of anilines is 1. The van der Waals surface area contributed by atoms with E-state index in [1.165, 1.54) is 6.20 Å². The second kappa shape index (κ2) is 12.8. The number of hydrogen-bond donors (Lipinski definition) is 3. The highest BCUT2D eigenvalue weighted by atomic mass is 16.5. The maximum absolute atomic E-state index is 13.3. The molecule has 206 valence electrons. The Morgan fingerprint density at radius 3 is 2.60 bits per heavy atom. The van der Waals surface area contributed by atoms with Crippen LogP contribution in [0, 0.1) is 11.3 Å². The van der Waals surface area contributed by atoms with Crippen molar-refractivity contribution in [2.75, 3.05) is 25.0 Å². The average molecular weight is 542 g/mol. The van der Waals surface area contributed by atoms with Crippen LogP contribution in [0.15, 0.2) is 60.3 Å². The van der Waals surface area contributed by atoms with Crippen LogP contribution in [-0.4, -0.2) is 59.3 Å². The number of nitrogens with zero attached hydrogens (tertiary/aromatic N) is 2. The number of ether oxygens (including phenoxy) is 1. The van der Waals surface area contributed by atoms with Crippen LogP contribution in [0.1, 0.15) is 49.0 Å². The molecule has 0 aliphatic carbocycles. The minimum absolute atomic E-state index is 0.0466. The molecule has 0 bridgehead atoms. The van der Waals surface area contributed by atoms with E-state index in [1.807, 2.05) is 37.3 Å². The molecule has 1 saturated heterocycles. The van der Waals surface area contributed by atoms with Gasteiger partial charge in [-0.25, -0.2) is 4.79 Å². The quantitative estimate of drug-likeness (QED) is 0.167. The number of rotatable bonds is 8. The Balaban J connectivity index is 1.44. The van der Waals surface area contributed by atoms with Crippen LogP contribution in [0.5, 0.6) is 0 Å². The van der Waals surface area contributed by atoms with Gasteiger partial charge in [-0.2, -0.15) is 5.26 Å². The van der Waals surface area contributed by atoms with Gasteiger partial charge in [0.15, 0.2) is 0 Å². The first-order valence-corrected chi connectivity index (χ1v) is 13.2. The molecule has 1 aromatic heterocycles. The van der Waals surface area contributed by atoms with Gasteiger partial charge in [0.05, 0.1) is 41.4 Å². The third kappa shape index (κ3) is 6.21. The number of esters is 1. The molecule has 10 nitrogen and oxygen atoms in total. The predicted octanol–water partition coefficient (Wildman–Crippen LogP) is 4.41. The fraction of sp³-hybridized carbons (Fsp3) is 0.300. The van der Waals surface area contributed by atoms with Crippen molar-refractivity contribution >= 4 is 45.9 Å². The van der Waals surface area contributed by atoms with Crippen molar-refractivity contribution in [1.29, 1.82) is 5.26 Å². The van der Waals surface area contributed by atoms with Crippen molar-refractivity contribution in [3.63, 3.8) is 0 Å². The summed E-state index contributed by atoms with van der Waals surface area (Å²) in [5.41, 5.74) is 3.57. The number of carbonyl (C=O) groups excluding carboxylic acids is 4. The molecule has 0 unspecified atom stereocenters. The number of piperidine rings is 1. The minimum Gasteiger partial charge on any atom is -0.466 e. The molecular formula is C30H31N5O5. The van der Waals surface area contributed by atoms with Gasteiger partial charge in [0.25, 0.3) is 11.7 Å². The second-order valence-electron chi connectivity index (χ2n) is 9.45. The maximum atomic E-state index is 13.3. The Hall–Kier alpha value is -4.91. The molecule has 40 heavy (non-hydrogen) atoms. The molecule has 2 aromatic carbocycles. The van der Waals surface area contributed by atoms with Crippen LogP contribution >= 0.6 is 0 Å². The summed E-state index contributed by atoms with van der Waals surface area (Å²) in [4.78, 5) is 55.0. The standard InChI is InChI=1S/C30H31N5O5/c1-3-40-26(36)12-14-32-30(39)34-25-11-7-10-22-24(18-33-27(22)25)28(37)29(38)35-15-13-21(16-19(35)2)23(17-31)20-8-5-4-6-9-20/h4-11,18-19,33H,3,12-16H2,1-2H3,(H2,32,34,39)/b23-21-/t19-/m1/s1. The average Bonchev–Trinajstić information content (AvgIpc) is 3.39. The molecule has 1 aliphatic heterocycles. The van der Waals surface area contributed by atoms with Crippen LogP contribution in [0.25, 0.3) is 16.5 Å². The Labute approximate surface area is 232 Å². The van der Waals surface area contributed by atoms with Crippen LogP contribution in [0.3, 0.4) is 0 Å². The van der Waals surface area contributed by atoms with E-state index < -0.39 is 23.7 Å². The van der Waals surface area contributed by atoms with Gasteiger partial charge in [-0.1, -0.05) is 42.5 Å². The summed E-state index contributed by atoms with van der Waals surface area (Å²) in [6.45, 7) is 4.30. The maximum Gasteiger partial charge on any atom is 0.319 e. The predicted molar refractivity (Wildman–Crippen MR) is 150 cm³/mol. The Bertz CT molecular complexity index is 1500. The van der Waals surface area contributed by atoms with Gasteiger partial charge in [-0.15, -0.1) is 0 Å². The third-order valence-electron chi connectivity index (χ3n) is 6.84. The molecule has 3 N–H and O–H groups in total. The second-order valence-corrected chi connectivity index (χ2v) is 9.45. The summed E-state index contributed by atoms with van der Waals surface area (Å²) in [5.74, 6) is -1.66. The number of amides is 3. The number of hydrogen-bond acceptors (Lipinski definition) is 6. The lowest BCUT2D eigenvalue weighted by Crippen LogP contribution is -2.46. The number of fused-ring (bicyclic) bond motifs is 1. The summed E-state index contributed by atoms with van der Waals surface area (Å²) in [7, 11) is 0. The first-order valence-electron chi connectivity index (χ1n) is 13.2. The number of nitrogens with one attached hydrogen (secondary N) is 3. The summed E-state index contributed by atoms with van der Waals surface area (Å²) < 4.78 is 4.84. The highest BCUT2D eigenvalue weighted by Crippen LogP contribution is 2.31. The number of Topliss-reactive ketones (excluding diaryl/α,β-unsaturated/α-hetero) is 1. The molecule has 1 aliphatic rings. The lowest BCUT2D eigenvalue weighted by atomic mass is 9.90. The number of benzene rings is 2. The normalized spacial score (nSPS) is 16.1. The number of para-hydroxylation sites is 1. The van der Waals surface area contributed by atoms with E-state index in [2.05, 4.69) is 21.7 Å². The number of aromatic amines is 1. The highest BCUT2D eigenvalue weighted by Gasteiger charge is 2.32. The topological polar surface area (TPSA) is 144 Å². The Morgan fingerprint density at radius 1 is 1.12 bits per heavy atom. The zero-order valence-corrected chi connectivity index (χ0v) is 22.5. The molecule has 1 atom stereocenters. The molecule has 4 rings (SSSR count). The van der Waals surface area contributed by atoms with Crippen LogP contribution in [0.2, 0.25) is 0 Å². The number of likely N-dealkylation sites (tertiary alicyclic amines) is 1. The molecule has 3 aromatic rings. The van der Waals surface area contributed by atoms with E-state index in [1.54, 1.807) is 30.0 Å². The van der Waals surface area contributed by atoms with Crippen molar-refractivity contribution in [3.05, 3.63) is 71.4 Å². The number of ketones is 1. The van der Waals surface area contributed by atoms with Crippen molar-refractivity contribution < 1.29 is 23.9 Å². The Kier molecular flexibility index (Phi) is 8.96. The minimum atomic E-state index is -0.648. The number of urea groups is 1. The SMILES string of the molecule is CCOC(=O)CCNC(=O)Nc1cccc2c(C(=O)C(=O)N3CC/C(=C(\C#N)c4ccccc4)C[C@H]3C)c[nH]c12. The first-order chi connectivity index (χ1) is 19.3. The third-order valence-corrected chi connectivity index (χ3v) is 6.84. The zero-order valence-electron chi connectivity index (χ0n) is 22.5. The van der Waals surface area contributed by atoms with Gasteiger partial charge in [0.2, 0.25) is 0 Å². The number of carbonyl (C=O) groups is 4. The van der Waals surface area contributed by atoms with Crippen LogP contribution in [0.4, 0.5) is 10.5 Å². The van der Waals surface area contributed by atoms with Gasteiger partial charge < -0.3 is 25.3 Å². The largest absolute Gasteiger partial charge is 0.466 e. The molecular weight excluding hydrogens is 510 g/mol. The van der Waals surface area contributed by atoms with Crippen LogP contribution in [-0.2, 0) is 14.3 Å². The van der Waals surface area contributed by atoms with Gasteiger partial charge in [0, 0.05) is 30.7 Å². The number of aromatic nitrogens is 1. The van der Waals surface area contributed by atoms with Crippen molar-refractivity contribution in [1.82, 2.24) is 15.2 Å². The van der Waals surface area contributed by atoms with Gasteiger partial charge in [-0.3, -0.25) is 14.4 Å².